The molecule has 47 heavy (non-hydrogen) atoms. The van der Waals surface area contributed by atoms with E-state index in [0.717, 1.165) is 43.9 Å². The van der Waals surface area contributed by atoms with Crippen LogP contribution in [-0.4, -0.2) is 37.1 Å². The quantitative estimate of drug-likeness (QED) is 0.125. The Labute approximate surface area is 290 Å². The second-order valence-electron chi connectivity index (χ2n) is 13.9. The van der Waals surface area contributed by atoms with Crippen molar-refractivity contribution in [3.05, 3.63) is 83.1 Å². The van der Waals surface area contributed by atoms with Crippen molar-refractivity contribution in [3.63, 3.8) is 0 Å². The van der Waals surface area contributed by atoms with Gasteiger partial charge in [0.05, 0.1) is 0 Å². The van der Waals surface area contributed by atoms with E-state index in [1.807, 2.05) is 0 Å². The lowest BCUT2D eigenvalue weighted by molar-refractivity contribution is 0.266. The molecule has 0 aliphatic carbocycles. The number of hydrogen-bond acceptors (Lipinski definition) is 4. The van der Waals surface area contributed by atoms with Crippen molar-refractivity contribution in [3.8, 4) is 11.1 Å². The molecule has 2 aromatic carbocycles. The molecular weight excluding hydrogens is 573 g/mol. The summed E-state index contributed by atoms with van der Waals surface area (Å²) in [5.41, 5.74) is 18.0. The zero-order valence-electron chi connectivity index (χ0n) is 32.1. The number of anilines is 1. The number of nitrogens with two attached hydrogens (primary N) is 1. The maximum Gasteiger partial charge on any atom is 0.0420 e. The van der Waals surface area contributed by atoms with Crippen LogP contribution in [0.1, 0.15) is 124 Å². The summed E-state index contributed by atoms with van der Waals surface area (Å²) in [5, 5.41) is 3.69. The van der Waals surface area contributed by atoms with Crippen LogP contribution in [0.4, 0.5) is 5.69 Å². The van der Waals surface area contributed by atoms with Gasteiger partial charge in [0.25, 0.3) is 0 Å². The third-order valence-corrected chi connectivity index (χ3v) is 10.3. The Bertz CT molecular complexity index is 1280. The van der Waals surface area contributed by atoms with Crippen LogP contribution in [0, 0.1) is 18.8 Å². The molecule has 4 nitrogen and oxygen atoms in total. The summed E-state index contributed by atoms with van der Waals surface area (Å²) in [6.45, 7) is 36.5. The Kier molecular flexibility index (Phi) is 17.4. The van der Waals surface area contributed by atoms with Crippen molar-refractivity contribution in [1.29, 1.82) is 0 Å². The van der Waals surface area contributed by atoms with Gasteiger partial charge < -0.3 is 16.0 Å². The van der Waals surface area contributed by atoms with Gasteiger partial charge in [0.1, 0.15) is 0 Å². The summed E-state index contributed by atoms with van der Waals surface area (Å²) >= 11 is 0. The molecule has 3 N–H and O–H groups in total. The Morgan fingerprint density at radius 3 is 1.94 bits per heavy atom. The van der Waals surface area contributed by atoms with Crippen LogP contribution < -0.4 is 16.0 Å². The molecule has 0 spiro atoms. The summed E-state index contributed by atoms with van der Waals surface area (Å²) in [5.74, 6) is 1.02. The Hall–Kier alpha value is -2.98. The summed E-state index contributed by atoms with van der Waals surface area (Å²) in [4.78, 5) is 5.22. The predicted molar refractivity (Wildman–Crippen MR) is 211 cm³/mol. The first-order valence-electron chi connectivity index (χ1n) is 18.8. The highest BCUT2D eigenvalue weighted by molar-refractivity contribution is 5.80. The maximum atomic E-state index is 6.39. The Balaban J connectivity index is 2.61. The normalized spacial score (nSPS) is 13.4. The lowest BCUT2D eigenvalue weighted by Crippen LogP contribution is -2.36. The van der Waals surface area contributed by atoms with E-state index in [9.17, 15) is 0 Å². The average Bonchev–Trinajstić information content (AvgIpc) is 3.05. The van der Waals surface area contributed by atoms with Gasteiger partial charge in [-0.1, -0.05) is 111 Å². The second-order valence-corrected chi connectivity index (χ2v) is 13.9. The predicted octanol–water partition coefficient (Wildman–Crippen LogP) is 11.1. The van der Waals surface area contributed by atoms with Gasteiger partial charge in [-0.25, -0.2) is 0 Å². The Morgan fingerprint density at radius 2 is 1.45 bits per heavy atom. The number of nitrogens with one attached hydrogen (secondary N) is 1. The van der Waals surface area contributed by atoms with Crippen molar-refractivity contribution < 1.29 is 0 Å². The monoisotopic (exact) mass is 643 g/mol. The first kappa shape index (κ1) is 40.2. The molecule has 0 saturated heterocycles. The minimum Gasteiger partial charge on any atom is -0.399 e. The molecule has 0 aromatic heterocycles. The standard InChI is InChI=1S/C43H70N4/c1-13-19-40(20-14-2)47(18-6)43-28-39(38-23-21-37(22-24-38)30-46(25-15-3)26-16-4)27-41(34(43)10)36(12)45-29-42(35(11)44)33(9)32(8)31(7)17-5/h21-24,27-28,31-32,40,45H,11-20,25-26,29-30,44H2,1-10H3/b42-33-. The van der Waals surface area contributed by atoms with E-state index >= 15 is 0 Å². The average molecular weight is 643 g/mol. The molecule has 0 radical (unpaired) electrons. The molecule has 0 bridgehead atoms. The van der Waals surface area contributed by atoms with Crippen LogP contribution in [0.15, 0.2) is 66.4 Å². The number of benzene rings is 2. The number of nitrogens with zero attached hydrogens (tertiary/aromatic N) is 2. The van der Waals surface area contributed by atoms with E-state index in [2.05, 4.69) is 134 Å². The van der Waals surface area contributed by atoms with Crippen LogP contribution in [-0.2, 0) is 6.54 Å². The van der Waals surface area contributed by atoms with E-state index in [-0.39, 0.29) is 0 Å². The van der Waals surface area contributed by atoms with Crippen molar-refractivity contribution in [2.75, 3.05) is 31.1 Å². The molecule has 2 atom stereocenters. The maximum absolute atomic E-state index is 6.39. The van der Waals surface area contributed by atoms with E-state index in [0.29, 0.717) is 30.1 Å². The van der Waals surface area contributed by atoms with Crippen LogP contribution in [0.5, 0.6) is 0 Å². The van der Waals surface area contributed by atoms with Gasteiger partial charge in [-0.15, -0.1) is 0 Å². The fourth-order valence-electron chi connectivity index (χ4n) is 7.04. The van der Waals surface area contributed by atoms with Crippen molar-refractivity contribution in [1.82, 2.24) is 10.2 Å². The van der Waals surface area contributed by atoms with Gasteiger partial charge in [-0.05, 0) is 111 Å². The van der Waals surface area contributed by atoms with E-state index < -0.39 is 0 Å². The van der Waals surface area contributed by atoms with E-state index in [1.54, 1.807) is 0 Å². The molecule has 2 rings (SSSR count). The molecule has 0 saturated carbocycles. The smallest absolute Gasteiger partial charge is 0.0420 e. The highest BCUT2D eigenvalue weighted by atomic mass is 15.2. The largest absolute Gasteiger partial charge is 0.399 e. The van der Waals surface area contributed by atoms with Gasteiger partial charge in [0.15, 0.2) is 0 Å². The first-order chi connectivity index (χ1) is 22.5. The van der Waals surface area contributed by atoms with Gasteiger partial charge in [-0.2, -0.15) is 0 Å². The molecule has 2 aromatic rings. The number of hydrogen-bond donors (Lipinski definition) is 2. The minimum atomic E-state index is 0.438. The molecule has 0 fully saturated rings. The SMILES string of the molecule is C=C(N)/C(CNC(=C)c1cc(-c2ccc(CN(CCC)CCC)cc2)cc(N(CC)C(CCC)CCC)c1C)=C(/C)C(C)C(C)CC. The van der Waals surface area contributed by atoms with Crippen LogP contribution >= 0.6 is 0 Å². The Morgan fingerprint density at radius 1 is 0.851 bits per heavy atom. The summed E-state index contributed by atoms with van der Waals surface area (Å²) < 4.78 is 0. The molecule has 0 aliphatic rings. The fraction of sp³-hybridized carbons (Fsp3) is 0.581. The summed E-state index contributed by atoms with van der Waals surface area (Å²) in [7, 11) is 0. The third-order valence-electron chi connectivity index (χ3n) is 10.3. The zero-order chi connectivity index (χ0) is 35.1. The number of allylic oxidation sites excluding steroid dienone is 1. The second kappa shape index (κ2) is 20.4. The molecule has 0 amide bonds. The molecule has 0 heterocycles. The molecule has 4 heteroatoms. The van der Waals surface area contributed by atoms with E-state index in [1.165, 1.54) is 77.6 Å². The lowest BCUT2D eigenvalue weighted by atomic mass is 9.84. The fourth-order valence-corrected chi connectivity index (χ4v) is 7.04. The summed E-state index contributed by atoms with van der Waals surface area (Å²) in [6.07, 6.45) is 8.26. The van der Waals surface area contributed by atoms with Gasteiger partial charge in [0.2, 0.25) is 0 Å². The zero-order valence-corrected chi connectivity index (χ0v) is 32.1. The van der Waals surface area contributed by atoms with Crippen LogP contribution in [0.25, 0.3) is 16.8 Å². The van der Waals surface area contributed by atoms with Crippen molar-refractivity contribution >= 4 is 11.4 Å². The van der Waals surface area contributed by atoms with E-state index in [4.69, 9.17) is 5.73 Å². The highest BCUT2D eigenvalue weighted by Gasteiger charge is 2.22. The van der Waals surface area contributed by atoms with Gasteiger partial charge in [0, 0.05) is 48.3 Å². The highest BCUT2D eigenvalue weighted by Crippen LogP contribution is 2.36. The van der Waals surface area contributed by atoms with Crippen molar-refractivity contribution in [2.24, 2.45) is 17.6 Å². The van der Waals surface area contributed by atoms with Crippen molar-refractivity contribution in [2.45, 2.75) is 127 Å². The third kappa shape index (κ3) is 11.3. The van der Waals surface area contributed by atoms with Crippen LogP contribution in [0.3, 0.4) is 0 Å². The number of rotatable bonds is 22. The molecule has 0 aliphatic heterocycles. The summed E-state index contributed by atoms with van der Waals surface area (Å²) in [6, 6.07) is 14.5. The van der Waals surface area contributed by atoms with Gasteiger partial charge in [-0.3, -0.25) is 4.90 Å². The van der Waals surface area contributed by atoms with Crippen LogP contribution in [0.2, 0.25) is 0 Å². The molecular formula is C43H70N4. The minimum absolute atomic E-state index is 0.438. The topological polar surface area (TPSA) is 44.5 Å². The lowest BCUT2D eigenvalue weighted by Gasteiger charge is -2.35. The molecule has 2 unspecified atom stereocenters. The molecule has 262 valence electrons. The first-order valence-corrected chi connectivity index (χ1v) is 18.8. The van der Waals surface area contributed by atoms with Gasteiger partial charge >= 0.3 is 0 Å².